The molecule has 0 bridgehead atoms. The van der Waals surface area contributed by atoms with Crippen molar-refractivity contribution in [2.75, 3.05) is 5.32 Å². The van der Waals surface area contributed by atoms with Crippen LogP contribution in [0, 0.1) is 6.92 Å². The van der Waals surface area contributed by atoms with Gasteiger partial charge in [0.15, 0.2) is 0 Å². The Morgan fingerprint density at radius 2 is 1.65 bits per heavy atom. The van der Waals surface area contributed by atoms with Gasteiger partial charge in [-0.2, -0.15) is 0 Å². The second-order valence-corrected chi connectivity index (χ2v) is 8.27. The highest BCUT2D eigenvalue weighted by Gasteiger charge is 2.20. The molecule has 0 saturated carbocycles. The molecule has 0 radical (unpaired) electrons. The smallest absolute Gasteiger partial charge is 0.237 e. The van der Waals surface area contributed by atoms with E-state index in [4.69, 9.17) is 0 Å². The molecule has 0 aliphatic rings. The Labute approximate surface area is 143 Å². The average molecular weight is 327 g/mol. The molecule has 0 aliphatic carbocycles. The molecule has 1 unspecified atom stereocenters. The lowest BCUT2D eigenvalue weighted by Crippen LogP contribution is -2.24. The van der Waals surface area contributed by atoms with Crippen molar-refractivity contribution in [2.24, 2.45) is 0 Å². The van der Waals surface area contributed by atoms with Gasteiger partial charge in [-0.3, -0.25) is 4.79 Å². The monoisotopic (exact) mass is 327 g/mol. The zero-order valence-electron chi connectivity index (χ0n) is 14.5. The number of anilines is 1. The first kappa shape index (κ1) is 17.6. The number of para-hydroxylation sites is 1. The Kier molecular flexibility index (Phi) is 5.53. The van der Waals surface area contributed by atoms with Crippen molar-refractivity contribution in [1.29, 1.82) is 0 Å². The van der Waals surface area contributed by atoms with Crippen LogP contribution < -0.4 is 5.32 Å². The fraction of sp³-hybridized carbons (Fsp3) is 0.350. The van der Waals surface area contributed by atoms with Gasteiger partial charge < -0.3 is 5.32 Å². The third-order valence-electron chi connectivity index (χ3n) is 3.70. The van der Waals surface area contributed by atoms with E-state index in [1.165, 1.54) is 5.56 Å². The van der Waals surface area contributed by atoms with E-state index >= 15 is 0 Å². The maximum absolute atomic E-state index is 12.5. The van der Waals surface area contributed by atoms with Crippen LogP contribution in [0.2, 0.25) is 0 Å². The molecule has 2 nitrogen and oxygen atoms in total. The quantitative estimate of drug-likeness (QED) is 0.761. The minimum atomic E-state index is -0.147. The Bertz CT molecular complexity index is 671. The van der Waals surface area contributed by atoms with Crippen LogP contribution in [-0.2, 0) is 10.2 Å². The van der Waals surface area contributed by atoms with Crippen molar-refractivity contribution < 1.29 is 4.79 Å². The van der Waals surface area contributed by atoms with E-state index in [1.54, 1.807) is 11.8 Å². The number of benzene rings is 2. The Morgan fingerprint density at radius 1 is 1.04 bits per heavy atom. The number of hydrogen-bond acceptors (Lipinski definition) is 2. The molecule has 0 heterocycles. The summed E-state index contributed by atoms with van der Waals surface area (Å²) < 4.78 is 0. The highest BCUT2D eigenvalue weighted by atomic mass is 32.2. The highest BCUT2D eigenvalue weighted by Crippen LogP contribution is 2.30. The highest BCUT2D eigenvalue weighted by molar-refractivity contribution is 8.00. The number of carbonyl (C=O) groups is 1. The van der Waals surface area contributed by atoms with Crippen LogP contribution in [0.15, 0.2) is 53.4 Å². The van der Waals surface area contributed by atoms with E-state index in [2.05, 4.69) is 63.3 Å². The van der Waals surface area contributed by atoms with Gasteiger partial charge in [0.1, 0.15) is 0 Å². The summed E-state index contributed by atoms with van der Waals surface area (Å²) in [6, 6.07) is 16.3. The molecule has 0 fully saturated rings. The lowest BCUT2D eigenvalue weighted by atomic mass is 9.86. The van der Waals surface area contributed by atoms with Crippen LogP contribution in [0.1, 0.15) is 38.8 Å². The van der Waals surface area contributed by atoms with E-state index < -0.39 is 0 Å². The molecule has 3 heteroatoms. The number of rotatable bonds is 4. The minimum Gasteiger partial charge on any atom is -0.325 e. The van der Waals surface area contributed by atoms with E-state index in [9.17, 15) is 4.79 Å². The van der Waals surface area contributed by atoms with Gasteiger partial charge in [-0.15, -0.1) is 11.8 Å². The molecule has 0 aliphatic heterocycles. The molecule has 0 saturated heterocycles. The summed E-state index contributed by atoms with van der Waals surface area (Å²) in [7, 11) is 0. The Hall–Kier alpha value is -1.74. The summed E-state index contributed by atoms with van der Waals surface area (Å²) >= 11 is 1.58. The van der Waals surface area contributed by atoms with Crippen molar-refractivity contribution in [3.05, 3.63) is 59.7 Å². The molecule has 2 aromatic rings. The van der Waals surface area contributed by atoms with Gasteiger partial charge in [-0.25, -0.2) is 0 Å². The Morgan fingerprint density at radius 3 is 2.26 bits per heavy atom. The second-order valence-electron chi connectivity index (χ2n) is 6.86. The first-order valence-corrected chi connectivity index (χ1v) is 8.79. The standard InChI is InChI=1S/C20H25NOS/c1-14-10-12-16(13-11-14)23-15(2)19(22)21-18-9-7-6-8-17(18)20(3,4)5/h6-13,15H,1-5H3,(H,21,22). The van der Waals surface area contributed by atoms with Crippen molar-refractivity contribution >= 4 is 23.4 Å². The van der Waals surface area contributed by atoms with Crippen molar-refractivity contribution in [3.8, 4) is 0 Å². The molecule has 2 aromatic carbocycles. The predicted octanol–water partition coefficient (Wildman–Crippen LogP) is 5.41. The van der Waals surface area contributed by atoms with Crippen LogP contribution in [-0.4, -0.2) is 11.2 Å². The van der Waals surface area contributed by atoms with Gasteiger partial charge in [0.2, 0.25) is 5.91 Å². The molecule has 0 aromatic heterocycles. The van der Waals surface area contributed by atoms with Crippen LogP contribution in [0.5, 0.6) is 0 Å². The van der Waals surface area contributed by atoms with E-state index in [0.29, 0.717) is 0 Å². The number of carbonyl (C=O) groups excluding carboxylic acids is 1. The molecule has 0 spiro atoms. The molecule has 1 amide bonds. The van der Waals surface area contributed by atoms with Gasteiger partial charge in [-0.05, 0) is 43.0 Å². The summed E-state index contributed by atoms with van der Waals surface area (Å²) in [6.07, 6.45) is 0. The van der Waals surface area contributed by atoms with E-state index in [0.717, 1.165) is 16.1 Å². The largest absolute Gasteiger partial charge is 0.325 e. The second kappa shape index (κ2) is 7.22. The summed E-state index contributed by atoms with van der Waals surface area (Å²) in [5.74, 6) is 0.0345. The van der Waals surface area contributed by atoms with Gasteiger partial charge in [-0.1, -0.05) is 56.7 Å². The first-order chi connectivity index (χ1) is 10.8. The fourth-order valence-electron chi connectivity index (χ4n) is 2.35. The third kappa shape index (κ3) is 4.87. The number of amides is 1. The maximum Gasteiger partial charge on any atom is 0.237 e. The summed E-state index contributed by atoms with van der Waals surface area (Å²) in [5.41, 5.74) is 3.28. The van der Waals surface area contributed by atoms with E-state index in [1.807, 2.05) is 25.1 Å². The van der Waals surface area contributed by atoms with E-state index in [-0.39, 0.29) is 16.6 Å². The van der Waals surface area contributed by atoms with Crippen LogP contribution in [0.3, 0.4) is 0 Å². The van der Waals surface area contributed by atoms with Crippen LogP contribution >= 0.6 is 11.8 Å². The third-order valence-corrected chi connectivity index (χ3v) is 4.81. The zero-order chi connectivity index (χ0) is 17.0. The molecular weight excluding hydrogens is 302 g/mol. The summed E-state index contributed by atoms with van der Waals surface area (Å²) in [4.78, 5) is 13.6. The number of nitrogens with one attached hydrogen (secondary N) is 1. The van der Waals surface area contributed by atoms with Crippen molar-refractivity contribution in [3.63, 3.8) is 0 Å². The molecule has 2 rings (SSSR count). The number of aryl methyl sites for hydroxylation is 1. The lowest BCUT2D eigenvalue weighted by Gasteiger charge is -2.23. The molecule has 1 atom stereocenters. The summed E-state index contributed by atoms with van der Waals surface area (Å²) in [6.45, 7) is 10.5. The average Bonchev–Trinajstić information content (AvgIpc) is 2.49. The van der Waals surface area contributed by atoms with Crippen LogP contribution in [0.4, 0.5) is 5.69 Å². The first-order valence-electron chi connectivity index (χ1n) is 7.91. The molecule has 1 N–H and O–H groups in total. The minimum absolute atomic E-state index is 0.00277. The van der Waals surface area contributed by atoms with Gasteiger partial charge in [0.25, 0.3) is 0 Å². The normalized spacial score (nSPS) is 12.7. The summed E-state index contributed by atoms with van der Waals surface area (Å²) in [5, 5.41) is 2.94. The van der Waals surface area contributed by atoms with Crippen molar-refractivity contribution in [2.45, 2.75) is 50.2 Å². The topological polar surface area (TPSA) is 29.1 Å². The van der Waals surface area contributed by atoms with Gasteiger partial charge >= 0.3 is 0 Å². The SMILES string of the molecule is Cc1ccc(SC(C)C(=O)Nc2ccccc2C(C)(C)C)cc1. The van der Waals surface area contributed by atoms with Gasteiger partial charge in [0.05, 0.1) is 5.25 Å². The zero-order valence-corrected chi connectivity index (χ0v) is 15.3. The predicted molar refractivity (Wildman–Crippen MR) is 100 cm³/mol. The Balaban J connectivity index is 2.08. The molecule has 23 heavy (non-hydrogen) atoms. The fourth-order valence-corrected chi connectivity index (χ4v) is 3.22. The lowest BCUT2D eigenvalue weighted by molar-refractivity contribution is -0.115. The molecular formula is C20H25NOS. The molecule has 122 valence electrons. The van der Waals surface area contributed by atoms with Gasteiger partial charge in [0, 0.05) is 10.6 Å². The number of hydrogen-bond donors (Lipinski definition) is 1. The van der Waals surface area contributed by atoms with Crippen molar-refractivity contribution in [1.82, 2.24) is 0 Å². The van der Waals surface area contributed by atoms with Crippen LogP contribution in [0.25, 0.3) is 0 Å². The maximum atomic E-state index is 12.5. The number of thioether (sulfide) groups is 1.